The van der Waals surface area contributed by atoms with Crippen molar-refractivity contribution in [3.63, 3.8) is 0 Å². The number of nitro benzene ring substituents is 1. The second-order valence-corrected chi connectivity index (χ2v) is 7.64. The molecule has 0 heterocycles. The summed E-state index contributed by atoms with van der Waals surface area (Å²) in [4.78, 5) is 20.5. The summed E-state index contributed by atoms with van der Waals surface area (Å²) in [6.45, 7) is 7.14. The molecule has 0 aliphatic heterocycles. The van der Waals surface area contributed by atoms with Crippen molar-refractivity contribution in [1.82, 2.24) is 0 Å². The summed E-state index contributed by atoms with van der Waals surface area (Å²) in [6, 6.07) is 5.88. The van der Waals surface area contributed by atoms with E-state index in [-0.39, 0.29) is 18.7 Å². The van der Waals surface area contributed by atoms with Crippen LogP contribution in [0, 0.1) is 10.1 Å². The van der Waals surface area contributed by atoms with Gasteiger partial charge in [-0.05, 0) is 12.1 Å². The third-order valence-electron chi connectivity index (χ3n) is 4.61. The highest BCUT2D eigenvalue weighted by Gasteiger charge is 2.04. The lowest BCUT2D eigenvalue weighted by molar-refractivity contribution is -0.384. The zero-order chi connectivity index (χ0) is 28.2. The van der Waals surface area contributed by atoms with Gasteiger partial charge in [-0.15, -0.1) is 0 Å². The van der Waals surface area contributed by atoms with Crippen molar-refractivity contribution < 1.29 is 57.5 Å². The number of carbonyl (C=O) groups is 1. The molecule has 0 atom stereocenters. The van der Waals surface area contributed by atoms with Crippen molar-refractivity contribution in [3.8, 4) is 5.75 Å². The topological polar surface area (TPSA) is 164 Å². The lowest BCUT2D eigenvalue weighted by Crippen LogP contribution is -2.15. The predicted octanol–water partition coefficient (Wildman–Crippen LogP) is 1.58. The number of nitrogens with zero attached hydrogens (tertiary/aromatic N) is 1. The van der Waals surface area contributed by atoms with E-state index in [1.807, 2.05) is 0 Å². The first kappa shape index (κ1) is 34.6. The Morgan fingerprint density at radius 1 is 0.564 bits per heavy atom. The zero-order valence-electron chi connectivity index (χ0n) is 22.3. The molecule has 0 unspecified atom stereocenters. The fraction of sp³-hybridized carbons (Fsp3) is 0.720. The second-order valence-electron chi connectivity index (χ2n) is 7.64. The molecule has 1 N–H and O–H groups in total. The van der Waals surface area contributed by atoms with Crippen LogP contribution in [0.4, 0.5) is 5.69 Å². The summed E-state index contributed by atoms with van der Waals surface area (Å²) < 4.78 is 48.3. The van der Waals surface area contributed by atoms with Crippen molar-refractivity contribution in [1.29, 1.82) is 0 Å². The minimum Gasteiger partial charge on any atom is -0.491 e. The van der Waals surface area contributed by atoms with Gasteiger partial charge < -0.3 is 47.7 Å². The maximum absolute atomic E-state index is 10.6. The highest BCUT2D eigenvalue weighted by Crippen LogP contribution is 2.17. The van der Waals surface area contributed by atoms with Gasteiger partial charge in [0.25, 0.3) is 5.69 Å². The molecular formula is C25H41NO13. The van der Waals surface area contributed by atoms with E-state index < -0.39 is 10.9 Å². The van der Waals surface area contributed by atoms with Crippen LogP contribution in [0.15, 0.2) is 24.3 Å². The predicted molar refractivity (Wildman–Crippen MR) is 137 cm³/mol. The van der Waals surface area contributed by atoms with Crippen molar-refractivity contribution in [2.24, 2.45) is 0 Å². The van der Waals surface area contributed by atoms with E-state index in [0.717, 1.165) is 0 Å². The Morgan fingerprint density at radius 3 is 1.18 bits per heavy atom. The molecule has 39 heavy (non-hydrogen) atoms. The standard InChI is InChI=1S/C25H41NO13/c27-25(28)5-6-31-7-8-32-9-10-33-11-12-34-13-14-35-15-16-36-17-18-37-19-20-38-21-22-39-24-3-1-23(2-4-24)26(29)30/h1-4H,5-22H2,(H,27,28). The van der Waals surface area contributed by atoms with Crippen LogP contribution in [0.1, 0.15) is 6.42 Å². The highest BCUT2D eigenvalue weighted by molar-refractivity contribution is 5.66. The van der Waals surface area contributed by atoms with Crippen molar-refractivity contribution in [2.45, 2.75) is 6.42 Å². The van der Waals surface area contributed by atoms with E-state index >= 15 is 0 Å². The van der Waals surface area contributed by atoms with E-state index in [0.29, 0.717) is 111 Å². The number of benzene rings is 1. The first-order valence-electron chi connectivity index (χ1n) is 12.8. The van der Waals surface area contributed by atoms with Gasteiger partial charge in [-0.3, -0.25) is 14.9 Å². The lowest BCUT2D eigenvalue weighted by atomic mass is 10.3. The molecule has 0 aromatic heterocycles. The third kappa shape index (κ3) is 23.2. The van der Waals surface area contributed by atoms with Gasteiger partial charge in [0.15, 0.2) is 0 Å². The SMILES string of the molecule is O=C(O)CCOCCOCCOCCOCCOCCOCCOCCOCCOc1ccc([N+](=O)[O-])cc1. The Hall–Kier alpha value is -2.43. The molecule has 0 radical (unpaired) electrons. The first-order chi connectivity index (χ1) is 19.1. The largest absolute Gasteiger partial charge is 0.491 e. The Labute approximate surface area is 228 Å². The number of ether oxygens (including phenoxy) is 9. The number of rotatable bonds is 29. The molecule has 224 valence electrons. The molecule has 0 aliphatic carbocycles. The smallest absolute Gasteiger partial charge is 0.305 e. The molecule has 0 aliphatic rings. The van der Waals surface area contributed by atoms with E-state index in [9.17, 15) is 14.9 Å². The van der Waals surface area contributed by atoms with Gasteiger partial charge >= 0.3 is 5.97 Å². The maximum atomic E-state index is 10.6. The van der Waals surface area contributed by atoms with Gasteiger partial charge in [0.1, 0.15) is 12.4 Å². The van der Waals surface area contributed by atoms with Gasteiger partial charge in [0, 0.05) is 12.1 Å². The highest BCUT2D eigenvalue weighted by atomic mass is 16.6. The third-order valence-corrected chi connectivity index (χ3v) is 4.61. The van der Waals surface area contributed by atoms with Crippen LogP contribution in [0.25, 0.3) is 0 Å². The molecule has 0 amide bonds. The number of hydrogen-bond acceptors (Lipinski definition) is 12. The Balaban J connectivity index is 1.69. The summed E-state index contributed by atoms with van der Waals surface area (Å²) in [7, 11) is 0. The van der Waals surface area contributed by atoms with Gasteiger partial charge in [-0.25, -0.2) is 0 Å². The maximum Gasteiger partial charge on any atom is 0.305 e. The number of carboxylic acid groups (broad SMARTS) is 1. The number of aliphatic carboxylic acids is 1. The van der Waals surface area contributed by atoms with Crippen LogP contribution in [0.3, 0.4) is 0 Å². The molecule has 1 aromatic rings. The molecule has 0 fully saturated rings. The quantitative estimate of drug-likeness (QED) is 0.0849. The molecule has 14 nitrogen and oxygen atoms in total. The van der Waals surface area contributed by atoms with Crippen molar-refractivity contribution in [3.05, 3.63) is 34.4 Å². The minimum atomic E-state index is -0.880. The van der Waals surface area contributed by atoms with Crippen LogP contribution >= 0.6 is 0 Å². The van der Waals surface area contributed by atoms with E-state index in [4.69, 9.17) is 47.7 Å². The Bertz CT molecular complexity index is 720. The van der Waals surface area contributed by atoms with E-state index in [1.165, 1.54) is 12.1 Å². The Kier molecular flexibility index (Phi) is 22.9. The fourth-order valence-electron chi connectivity index (χ4n) is 2.68. The molecule has 0 spiro atoms. The normalized spacial score (nSPS) is 11.1. The average molecular weight is 564 g/mol. The summed E-state index contributed by atoms with van der Waals surface area (Å²) in [5.41, 5.74) is 0.0211. The molecule has 1 rings (SSSR count). The van der Waals surface area contributed by atoms with Crippen LogP contribution in [-0.4, -0.2) is 128 Å². The van der Waals surface area contributed by atoms with Gasteiger partial charge in [-0.1, -0.05) is 0 Å². The van der Waals surface area contributed by atoms with Crippen LogP contribution in [0.2, 0.25) is 0 Å². The molecule has 0 saturated heterocycles. The van der Waals surface area contributed by atoms with Gasteiger partial charge in [0.05, 0.1) is 117 Å². The number of non-ortho nitro benzene ring substituents is 1. The molecule has 1 aromatic carbocycles. The summed E-state index contributed by atoms with van der Waals surface area (Å²) >= 11 is 0. The fourth-order valence-corrected chi connectivity index (χ4v) is 2.68. The molecule has 0 saturated carbocycles. The first-order valence-corrected chi connectivity index (χ1v) is 12.8. The van der Waals surface area contributed by atoms with E-state index in [2.05, 4.69) is 0 Å². The van der Waals surface area contributed by atoms with Gasteiger partial charge in [-0.2, -0.15) is 0 Å². The number of carboxylic acids is 1. The molecule has 14 heteroatoms. The number of hydrogen-bond donors (Lipinski definition) is 1. The van der Waals surface area contributed by atoms with Crippen molar-refractivity contribution >= 4 is 11.7 Å². The monoisotopic (exact) mass is 563 g/mol. The van der Waals surface area contributed by atoms with Crippen molar-refractivity contribution in [2.75, 3.05) is 112 Å². The Morgan fingerprint density at radius 2 is 0.872 bits per heavy atom. The second kappa shape index (κ2) is 25.8. The summed E-state index contributed by atoms with van der Waals surface area (Å²) in [6.07, 6.45) is -0.00822. The van der Waals surface area contributed by atoms with Crippen LogP contribution < -0.4 is 4.74 Å². The summed E-state index contributed by atoms with van der Waals surface area (Å²) in [5, 5.41) is 19.1. The minimum absolute atomic E-state index is 0.00822. The number of nitro groups is 1. The molecule has 0 bridgehead atoms. The zero-order valence-corrected chi connectivity index (χ0v) is 22.3. The summed E-state index contributed by atoms with van der Waals surface area (Å²) in [5.74, 6) is -0.330. The van der Waals surface area contributed by atoms with E-state index in [1.54, 1.807) is 12.1 Å². The van der Waals surface area contributed by atoms with Crippen LogP contribution in [0.5, 0.6) is 5.75 Å². The van der Waals surface area contributed by atoms with Gasteiger partial charge in [0.2, 0.25) is 0 Å². The van der Waals surface area contributed by atoms with Crippen LogP contribution in [-0.2, 0) is 42.7 Å². The average Bonchev–Trinajstić information content (AvgIpc) is 2.92. The molecular weight excluding hydrogens is 522 g/mol. The lowest BCUT2D eigenvalue weighted by Gasteiger charge is -2.09.